The largest absolute Gasteiger partial charge is 0.454 e. The van der Waals surface area contributed by atoms with E-state index in [1.807, 2.05) is 12.1 Å². The lowest BCUT2D eigenvalue weighted by Gasteiger charge is -2.32. The van der Waals surface area contributed by atoms with Crippen LogP contribution in [0.4, 0.5) is 5.69 Å². The number of hydrogen-bond acceptors (Lipinski definition) is 5. The minimum atomic E-state index is 0.227. The standard InChI is InChI=1S/C32H23NO4/c1-33-16-26-22(13-14-27-31(26)36-17-34-27)24-12-11-23-25(30(24)33)15-28-32(37-18-35-28)29(23)21-9-7-20(8-10-21)19-5-3-2-4-6-19/h2-15H,16-18H2,1H3. The number of ether oxygens (including phenoxy) is 4. The van der Waals surface area contributed by atoms with Crippen LogP contribution in [0, 0.1) is 0 Å². The summed E-state index contributed by atoms with van der Waals surface area (Å²) in [5.74, 6) is 3.27. The second-order valence-electron chi connectivity index (χ2n) is 9.67. The first-order valence-electron chi connectivity index (χ1n) is 12.4. The molecule has 3 aliphatic rings. The van der Waals surface area contributed by atoms with Gasteiger partial charge in [-0.3, -0.25) is 0 Å². The molecule has 5 nitrogen and oxygen atoms in total. The molecule has 0 N–H and O–H groups in total. The van der Waals surface area contributed by atoms with E-state index in [-0.39, 0.29) is 13.6 Å². The zero-order valence-corrected chi connectivity index (χ0v) is 20.3. The monoisotopic (exact) mass is 485 g/mol. The van der Waals surface area contributed by atoms with Gasteiger partial charge < -0.3 is 23.8 Å². The van der Waals surface area contributed by atoms with Gasteiger partial charge in [-0.05, 0) is 45.8 Å². The van der Waals surface area contributed by atoms with Crippen LogP contribution in [-0.2, 0) is 6.54 Å². The molecule has 3 aliphatic heterocycles. The lowest BCUT2D eigenvalue weighted by atomic mass is 9.87. The molecule has 3 heterocycles. The van der Waals surface area contributed by atoms with Crippen molar-refractivity contribution in [2.45, 2.75) is 6.54 Å². The van der Waals surface area contributed by atoms with E-state index in [0.29, 0.717) is 0 Å². The lowest BCUT2D eigenvalue weighted by Crippen LogP contribution is -2.22. The van der Waals surface area contributed by atoms with Gasteiger partial charge in [0.15, 0.2) is 23.0 Å². The fraction of sp³-hybridized carbons (Fsp3) is 0.125. The Kier molecular flexibility index (Phi) is 4.26. The van der Waals surface area contributed by atoms with Crippen molar-refractivity contribution < 1.29 is 18.9 Å². The Morgan fingerprint density at radius 1 is 0.595 bits per heavy atom. The van der Waals surface area contributed by atoms with Crippen LogP contribution in [0.5, 0.6) is 23.0 Å². The molecule has 0 spiro atoms. The maximum absolute atomic E-state index is 6.02. The molecule has 0 unspecified atom stereocenters. The Bertz CT molecular complexity index is 1710. The lowest BCUT2D eigenvalue weighted by molar-refractivity contribution is 0.173. The van der Waals surface area contributed by atoms with Crippen molar-refractivity contribution in [3.8, 4) is 56.4 Å². The Hall–Kier alpha value is -4.64. The molecule has 0 saturated heterocycles. The van der Waals surface area contributed by atoms with E-state index in [0.717, 1.165) is 51.4 Å². The van der Waals surface area contributed by atoms with Crippen LogP contribution in [0.25, 0.3) is 44.2 Å². The van der Waals surface area contributed by atoms with Gasteiger partial charge in [-0.15, -0.1) is 0 Å². The number of fused-ring (bicyclic) bond motifs is 8. The zero-order valence-electron chi connectivity index (χ0n) is 20.3. The summed E-state index contributed by atoms with van der Waals surface area (Å²) in [6, 6.07) is 29.9. The van der Waals surface area contributed by atoms with E-state index in [1.54, 1.807) is 0 Å². The summed E-state index contributed by atoms with van der Waals surface area (Å²) in [5, 5.41) is 2.29. The molecule has 37 heavy (non-hydrogen) atoms. The Morgan fingerprint density at radius 3 is 2.14 bits per heavy atom. The topological polar surface area (TPSA) is 40.2 Å². The van der Waals surface area contributed by atoms with Gasteiger partial charge in [-0.2, -0.15) is 0 Å². The molecule has 8 rings (SSSR count). The van der Waals surface area contributed by atoms with Crippen molar-refractivity contribution in [2.75, 3.05) is 25.5 Å². The maximum atomic E-state index is 6.02. The summed E-state index contributed by atoms with van der Waals surface area (Å²) in [4.78, 5) is 2.30. The molecule has 0 fully saturated rings. The average molecular weight is 486 g/mol. The average Bonchev–Trinajstić information content (AvgIpc) is 3.62. The van der Waals surface area contributed by atoms with Gasteiger partial charge in [0.2, 0.25) is 13.6 Å². The summed E-state index contributed by atoms with van der Waals surface area (Å²) >= 11 is 0. The van der Waals surface area contributed by atoms with Crippen LogP contribution >= 0.6 is 0 Å². The van der Waals surface area contributed by atoms with Gasteiger partial charge in [0.25, 0.3) is 0 Å². The molecule has 0 radical (unpaired) electrons. The highest BCUT2D eigenvalue weighted by Crippen LogP contribution is 2.53. The molecule has 0 saturated carbocycles. The third-order valence-electron chi connectivity index (χ3n) is 7.62. The molecular weight excluding hydrogens is 462 g/mol. The maximum Gasteiger partial charge on any atom is 0.231 e. The van der Waals surface area contributed by atoms with E-state index in [2.05, 4.69) is 84.7 Å². The van der Waals surface area contributed by atoms with Crippen molar-refractivity contribution >= 4 is 16.5 Å². The van der Waals surface area contributed by atoms with Crippen molar-refractivity contribution in [2.24, 2.45) is 0 Å². The van der Waals surface area contributed by atoms with Crippen LogP contribution < -0.4 is 23.8 Å². The number of rotatable bonds is 2. The van der Waals surface area contributed by atoms with E-state index < -0.39 is 0 Å². The van der Waals surface area contributed by atoms with Crippen molar-refractivity contribution in [1.29, 1.82) is 0 Å². The Balaban J connectivity index is 1.34. The van der Waals surface area contributed by atoms with Crippen LogP contribution in [-0.4, -0.2) is 20.6 Å². The van der Waals surface area contributed by atoms with Gasteiger partial charge in [0.05, 0.1) is 5.69 Å². The molecular formula is C32H23NO4. The molecule has 0 aromatic heterocycles. The predicted molar refractivity (Wildman–Crippen MR) is 145 cm³/mol. The van der Waals surface area contributed by atoms with Gasteiger partial charge in [0, 0.05) is 35.7 Å². The molecule has 0 bridgehead atoms. The molecule has 180 valence electrons. The Morgan fingerprint density at radius 2 is 1.30 bits per heavy atom. The fourth-order valence-corrected chi connectivity index (χ4v) is 5.95. The number of hydrogen-bond donors (Lipinski definition) is 0. The summed E-state index contributed by atoms with van der Waals surface area (Å²) in [7, 11) is 2.13. The minimum absolute atomic E-state index is 0.227. The van der Waals surface area contributed by atoms with Gasteiger partial charge in [0.1, 0.15) is 0 Å². The van der Waals surface area contributed by atoms with Gasteiger partial charge in [-0.1, -0.05) is 66.7 Å². The van der Waals surface area contributed by atoms with E-state index >= 15 is 0 Å². The quantitative estimate of drug-likeness (QED) is 0.263. The first-order chi connectivity index (χ1) is 18.3. The van der Waals surface area contributed by atoms with Crippen LogP contribution in [0.1, 0.15) is 5.56 Å². The molecule has 5 aromatic carbocycles. The molecule has 5 heteroatoms. The normalized spacial score (nSPS) is 14.6. The number of benzene rings is 5. The van der Waals surface area contributed by atoms with Crippen LogP contribution in [0.15, 0.2) is 84.9 Å². The molecule has 0 amide bonds. The highest BCUT2D eigenvalue weighted by atomic mass is 16.7. The molecule has 0 atom stereocenters. The first-order valence-corrected chi connectivity index (χ1v) is 12.4. The van der Waals surface area contributed by atoms with Crippen molar-refractivity contribution in [3.63, 3.8) is 0 Å². The summed E-state index contributed by atoms with van der Waals surface area (Å²) in [6.45, 7) is 1.24. The molecule has 5 aromatic rings. The fourth-order valence-electron chi connectivity index (χ4n) is 5.95. The van der Waals surface area contributed by atoms with Gasteiger partial charge >= 0.3 is 0 Å². The van der Waals surface area contributed by atoms with Crippen LogP contribution in [0.3, 0.4) is 0 Å². The highest BCUT2D eigenvalue weighted by Gasteiger charge is 2.31. The summed E-state index contributed by atoms with van der Waals surface area (Å²) < 4.78 is 23.4. The summed E-state index contributed by atoms with van der Waals surface area (Å²) in [5.41, 5.74) is 9.28. The number of nitrogens with zero attached hydrogens (tertiary/aromatic N) is 1. The Labute approximate surface area is 214 Å². The SMILES string of the molecule is CN1Cc2c(ccc3c2OCO3)-c2ccc3c(-c4ccc(-c5ccccc5)cc4)c4c(cc3c21)OCO4. The zero-order chi connectivity index (χ0) is 24.5. The van der Waals surface area contributed by atoms with Crippen molar-refractivity contribution in [1.82, 2.24) is 0 Å². The van der Waals surface area contributed by atoms with Crippen molar-refractivity contribution in [3.05, 3.63) is 90.5 Å². The van der Waals surface area contributed by atoms with Crippen LogP contribution in [0.2, 0.25) is 0 Å². The third-order valence-corrected chi connectivity index (χ3v) is 7.62. The van der Waals surface area contributed by atoms with Gasteiger partial charge in [-0.25, -0.2) is 0 Å². The second kappa shape index (κ2) is 7.68. The minimum Gasteiger partial charge on any atom is -0.454 e. The molecule has 0 aliphatic carbocycles. The van der Waals surface area contributed by atoms with E-state index in [1.165, 1.54) is 33.5 Å². The highest BCUT2D eigenvalue weighted by molar-refractivity contribution is 6.11. The summed E-state index contributed by atoms with van der Waals surface area (Å²) in [6.07, 6.45) is 0. The first kappa shape index (κ1) is 20.5. The van der Waals surface area contributed by atoms with E-state index in [4.69, 9.17) is 18.9 Å². The predicted octanol–water partition coefficient (Wildman–Crippen LogP) is 7.25. The number of anilines is 1. The smallest absolute Gasteiger partial charge is 0.231 e. The second-order valence-corrected chi connectivity index (χ2v) is 9.67. The third kappa shape index (κ3) is 2.97. The van der Waals surface area contributed by atoms with E-state index in [9.17, 15) is 0 Å².